The summed E-state index contributed by atoms with van der Waals surface area (Å²) in [7, 11) is 0. The molecular formula is C9H13N3S. The van der Waals surface area contributed by atoms with Gasteiger partial charge in [-0.1, -0.05) is 0 Å². The van der Waals surface area contributed by atoms with Crippen LogP contribution < -0.4 is 5.43 Å². The third-order valence-electron chi connectivity index (χ3n) is 2.02. The molecule has 2 heterocycles. The van der Waals surface area contributed by atoms with Gasteiger partial charge >= 0.3 is 0 Å². The number of hydrogen-bond acceptors (Lipinski definition) is 3. The van der Waals surface area contributed by atoms with Gasteiger partial charge in [-0.25, -0.2) is 0 Å². The fraction of sp³-hybridized carbons (Fsp3) is 0.444. The molecule has 0 bridgehead atoms. The molecule has 0 aliphatic carbocycles. The standard InChI is InChI=1S/C9H13N3S/c1-3-10-5-8(1)6-11-12-9-2-4-13-7-9/h1,3,5-6,9-10,12H,2,4,7H2/b11-6+. The number of hydrazone groups is 1. The fourth-order valence-electron chi connectivity index (χ4n) is 1.27. The van der Waals surface area contributed by atoms with Crippen molar-refractivity contribution in [2.75, 3.05) is 11.5 Å². The Hall–Kier alpha value is -0.900. The van der Waals surface area contributed by atoms with Crippen LogP contribution in [0.4, 0.5) is 0 Å². The van der Waals surface area contributed by atoms with Crippen LogP contribution in [0.25, 0.3) is 0 Å². The SMILES string of the molecule is C(=N\NC1CCSC1)/c1cc[nH]c1. The number of thioether (sulfide) groups is 1. The first-order chi connectivity index (χ1) is 6.45. The number of aromatic amines is 1. The first-order valence-electron chi connectivity index (χ1n) is 4.44. The van der Waals surface area contributed by atoms with E-state index in [1.54, 1.807) is 0 Å². The Balaban J connectivity index is 1.78. The number of nitrogens with zero attached hydrogens (tertiary/aromatic N) is 1. The molecule has 70 valence electrons. The maximum atomic E-state index is 4.19. The van der Waals surface area contributed by atoms with Crippen LogP contribution >= 0.6 is 11.8 Å². The van der Waals surface area contributed by atoms with Gasteiger partial charge in [0.25, 0.3) is 0 Å². The summed E-state index contributed by atoms with van der Waals surface area (Å²) in [5, 5.41) is 4.19. The van der Waals surface area contributed by atoms with Gasteiger partial charge in [-0.3, -0.25) is 0 Å². The molecule has 2 N–H and O–H groups in total. The Kier molecular flexibility index (Phi) is 2.92. The Morgan fingerprint density at radius 3 is 3.38 bits per heavy atom. The molecule has 1 aliphatic heterocycles. The zero-order valence-corrected chi connectivity index (χ0v) is 8.18. The average molecular weight is 195 g/mol. The van der Waals surface area contributed by atoms with Gasteiger partial charge in [0.05, 0.1) is 12.3 Å². The molecule has 1 atom stereocenters. The van der Waals surface area contributed by atoms with E-state index in [1.807, 2.05) is 36.4 Å². The first kappa shape index (κ1) is 8.69. The van der Waals surface area contributed by atoms with Crippen LogP contribution in [-0.2, 0) is 0 Å². The van der Waals surface area contributed by atoms with Gasteiger partial charge in [0.15, 0.2) is 0 Å². The minimum absolute atomic E-state index is 0.570. The van der Waals surface area contributed by atoms with Gasteiger partial charge in [-0.2, -0.15) is 16.9 Å². The molecule has 0 spiro atoms. The molecule has 1 saturated heterocycles. The molecular weight excluding hydrogens is 182 g/mol. The summed E-state index contributed by atoms with van der Waals surface area (Å²) in [5.41, 5.74) is 4.26. The second-order valence-electron chi connectivity index (χ2n) is 3.09. The van der Waals surface area contributed by atoms with Crippen molar-refractivity contribution in [1.29, 1.82) is 0 Å². The van der Waals surface area contributed by atoms with E-state index in [1.165, 1.54) is 17.9 Å². The number of aromatic nitrogens is 1. The van der Waals surface area contributed by atoms with E-state index in [0.717, 1.165) is 5.56 Å². The van der Waals surface area contributed by atoms with Gasteiger partial charge < -0.3 is 10.4 Å². The third-order valence-corrected chi connectivity index (χ3v) is 3.18. The highest BCUT2D eigenvalue weighted by molar-refractivity contribution is 7.99. The molecule has 1 aromatic heterocycles. The maximum Gasteiger partial charge on any atom is 0.0555 e. The highest BCUT2D eigenvalue weighted by Gasteiger charge is 2.13. The second-order valence-corrected chi connectivity index (χ2v) is 4.24. The summed E-state index contributed by atoms with van der Waals surface area (Å²) in [6, 6.07) is 2.56. The van der Waals surface area contributed by atoms with Crippen molar-refractivity contribution in [3.63, 3.8) is 0 Å². The highest BCUT2D eigenvalue weighted by atomic mass is 32.2. The predicted octanol–water partition coefficient (Wildman–Crippen LogP) is 1.44. The van der Waals surface area contributed by atoms with Gasteiger partial charge in [0.1, 0.15) is 0 Å². The molecule has 1 aromatic rings. The van der Waals surface area contributed by atoms with E-state index in [-0.39, 0.29) is 0 Å². The molecule has 4 heteroatoms. The normalized spacial score (nSPS) is 22.6. The molecule has 1 aliphatic rings. The Labute approximate surface area is 82.0 Å². The van der Waals surface area contributed by atoms with Crippen molar-refractivity contribution in [3.05, 3.63) is 24.0 Å². The van der Waals surface area contributed by atoms with Crippen LogP contribution in [-0.4, -0.2) is 28.7 Å². The maximum absolute atomic E-state index is 4.19. The van der Waals surface area contributed by atoms with Crippen molar-refractivity contribution in [3.8, 4) is 0 Å². The van der Waals surface area contributed by atoms with Crippen molar-refractivity contribution >= 4 is 18.0 Å². The van der Waals surface area contributed by atoms with Gasteiger partial charge in [0, 0.05) is 23.7 Å². The van der Waals surface area contributed by atoms with E-state index in [4.69, 9.17) is 0 Å². The highest BCUT2D eigenvalue weighted by Crippen LogP contribution is 2.16. The molecule has 3 nitrogen and oxygen atoms in total. The summed E-state index contributed by atoms with van der Waals surface area (Å²) in [6.07, 6.45) is 6.90. The third kappa shape index (κ3) is 2.52. The quantitative estimate of drug-likeness (QED) is 0.566. The zero-order chi connectivity index (χ0) is 8.93. The number of hydrogen-bond donors (Lipinski definition) is 2. The minimum Gasteiger partial charge on any atom is -0.367 e. The van der Waals surface area contributed by atoms with Gasteiger partial charge in [-0.05, 0) is 18.2 Å². The second kappa shape index (κ2) is 4.37. The molecule has 2 rings (SSSR count). The molecule has 0 amide bonds. The van der Waals surface area contributed by atoms with E-state index < -0.39 is 0 Å². The van der Waals surface area contributed by atoms with E-state index in [0.29, 0.717) is 6.04 Å². The largest absolute Gasteiger partial charge is 0.367 e. The van der Waals surface area contributed by atoms with Crippen LogP contribution in [0.2, 0.25) is 0 Å². The Morgan fingerprint density at radius 1 is 1.69 bits per heavy atom. The summed E-state index contributed by atoms with van der Waals surface area (Å²) in [5.74, 6) is 2.45. The molecule has 0 aromatic carbocycles. The summed E-state index contributed by atoms with van der Waals surface area (Å²) in [6.45, 7) is 0. The lowest BCUT2D eigenvalue weighted by atomic mass is 10.3. The van der Waals surface area contributed by atoms with Crippen molar-refractivity contribution in [1.82, 2.24) is 10.4 Å². The summed E-state index contributed by atoms with van der Waals surface area (Å²) < 4.78 is 0. The van der Waals surface area contributed by atoms with Crippen LogP contribution in [0.3, 0.4) is 0 Å². The van der Waals surface area contributed by atoms with Crippen LogP contribution in [0, 0.1) is 0 Å². The van der Waals surface area contributed by atoms with Crippen molar-refractivity contribution in [2.24, 2.45) is 5.10 Å². The van der Waals surface area contributed by atoms with Crippen LogP contribution in [0.5, 0.6) is 0 Å². The minimum atomic E-state index is 0.570. The van der Waals surface area contributed by atoms with Crippen LogP contribution in [0.1, 0.15) is 12.0 Å². The Morgan fingerprint density at radius 2 is 2.69 bits per heavy atom. The lowest BCUT2D eigenvalue weighted by Gasteiger charge is -2.05. The lowest BCUT2D eigenvalue weighted by molar-refractivity contribution is 0.586. The molecule has 0 radical (unpaired) electrons. The van der Waals surface area contributed by atoms with E-state index in [9.17, 15) is 0 Å². The van der Waals surface area contributed by atoms with Crippen LogP contribution in [0.15, 0.2) is 23.6 Å². The van der Waals surface area contributed by atoms with Crippen molar-refractivity contribution < 1.29 is 0 Å². The molecule has 13 heavy (non-hydrogen) atoms. The lowest BCUT2D eigenvalue weighted by Crippen LogP contribution is -2.23. The van der Waals surface area contributed by atoms with Gasteiger partial charge in [0.2, 0.25) is 0 Å². The Bertz CT molecular complexity index is 262. The first-order valence-corrected chi connectivity index (χ1v) is 5.60. The number of H-pyrrole nitrogens is 1. The topological polar surface area (TPSA) is 40.2 Å². The molecule has 1 fully saturated rings. The number of nitrogens with one attached hydrogen (secondary N) is 2. The summed E-state index contributed by atoms with van der Waals surface area (Å²) in [4.78, 5) is 2.99. The molecule has 1 unspecified atom stereocenters. The van der Waals surface area contributed by atoms with E-state index >= 15 is 0 Å². The zero-order valence-electron chi connectivity index (χ0n) is 7.36. The predicted molar refractivity (Wildman–Crippen MR) is 57.3 cm³/mol. The summed E-state index contributed by atoms with van der Waals surface area (Å²) >= 11 is 1.99. The van der Waals surface area contributed by atoms with Crippen molar-refractivity contribution in [2.45, 2.75) is 12.5 Å². The van der Waals surface area contributed by atoms with E-state index in [2.05, 4.69) is 15.5 Å². The average Bonchev–Trinajstić information content (AvgIpc) is 2.75. The smallest absolute Gasteiger partial charge is 0.0555 e. The fourth-order valence-corrected chi connectivity index (χ4v) is 2.41. The van der Waals surface area contributed by atoms with Gasteiger partial charge in [-0.15, -0.1) is 0 Å². The molecule has 0 saturated carbocycles. The monoisotopic (exact) mass is 195 g/mol. The number of rotatable bonds is 3.